The molecule has 1 aliphatic rings. The Labute approximate surface area is 125 Å². The summed E-state index contributed by atoms with van der Waals surface area (Å²) in [5.41, 5.74) is 1.31. The molecule has 0 radical (unpaired) electrons. The minimum absolute atomic E-state index is 0.0331. The summed E-state index contributed by atoms with van der Waals surface area (Å²) in [6.45, 7) is 7.47. The number of hydrogen-bond donors (Lipinski definition) is 0. The molecule has 21 heavy (non-hydrogen) atoms. The highest BCUT2D eigenvalue weighted by atomic mass is 16.6. The molecule has 0 amide bonds. The third-order valence-electron chi connectivity index (χ3n) is 4.86. The van der Waals surface area contributed by atoms with Crippen LogP contribution in [0.5, 0.6) is 0 Å². The van der Waals surface area contributed by atoms with Crippen LogP contribution >= 0.6 is 0 Å². The van der Waals surface area contributed by atoms with Crippen LogP contribution in [0.1, 0.15) is 50.4 Å². The van der Waals surface area contributed by atoms with Crippen molar-refractivity contribution in [3.63, 3.8) is 0 Å². The lowest BCUT2D eigenvalue weighted by Crippen LogP contribution is -2.26. The molecule has 0 aliphatic carbocycles. The molecule has 1 aromatic rings. The highest BCUT2D eigenvalue weighted by Gasteiger charge is 2.37. The molecule has 0 N–H and O–H groups in total. The van der Waals surface area contributed by atoms with E-state index in [1.807, 2.05) is 0 Å². The van der Waals surface area contributed by atoms with Gasteiger partial charge >= 0.3 is 0 Å². The Kier molecular flexibility index (Phi) is 4.30. The average Bonchev–Trinajstić information content (AvgIpc) is 2.91. The quantitative estimate of drug-likeness (QED) is 0.470. The standard InChI is InChI=1S/C16H22N2O3/c1-4-16(5-2)8-9-17(11-16)14-7-6-13(12(3)19)10-15(14)18(20)21/h6-7,10H,4-5,8-9,11H2,1-3H3. The first kappa shape index (κ1) is 15.5. The number of Topliss-reactive ketones (excluding diaryl/α,β-unsaturated/α-hetero) is 1. The van der Waals surface area contributed by atoms with Crippen LogP contribution in [0.4, 0.5) is 11.4 Å². The number of nitro benzene ring substituents is 1. The number of anilines is 1. The van der Waals surface area contributed by atoms with Crippen molar-refractivity contribution in [1.29, 1.82) is 0 Å². The van der Waals surface area contributed by atoms with Gasteiger partial charge < -0.3 is 4.90 Å². The number of nitrogens with zero attached hydrogens (tertiary/aromatic N) is 2. The van der Waals surface area contributed by atoms with Gasteiger partial charge in [0.25, 0.3) is 5.69 Å². The first-order valence-corrected chi connectivity index (χ1v) is 7.47. The van der Waals surface area contributed by atoms with Gasteiger partial charge in [-0.3, -0.25) is 14.9 Å². The van der Waals surface area contributed by atoms with Gasteiger partial charge in [0, 0.05) is 24.7 Å². The molecule has 0 unspecified atom stereocenters. The number of hydrogen-bond acceptors (Lipinski definition) is 4. The Balaban J connectivity index is 2.36. The van der Waals surface area contributed by atoms with E-state index in [9.17, 15) is 14.9 Å². The molecule has 114 valence electrons. The molecule has 1 saturated heterocycles. The van der Waals surface area contributed by atoms with E-state index in [1.165, 1.54) is 13.0 Å². The zero-order valence-corrected chi connectivity index (χ0v) is 12.9. The van der Waals surface area contributed by atoms with Crippen molar-refractivity contribution in [2.24, 2.45) is 5.41 Å². The van der Waals surface area contributed by atoms with Gasteiger partial charge in [-0.1, -0.05) is 13.8 Å². The smallest absolute Gasteiger partial charge is 0.293 e. The Hall–Kier alpha value is -1.91. The molecule has 1 aromatic carbocycles. The van der Waals surface area contributed by atoms with Gasteiger partial charge in [-0.15, -0.1) is 0 Å². The maximum Gasteiger partial charge on any atom is 0.293 e. The van der Waals surface area contributed by atoms with Crippen molar-refractivity contribution in [1.82, 2.24) is 0 Å². The summed E-state index contributed by atoms with van der Waals surface area (Å²) in [5.74, 6) is -0.150. The van der Waals surface area contributed by atoms with Crippen molar-refractivity contribution < 1.29 is 9.72 Å². The molecule has 0 saturated carbocycles. The Morgan fingerprint density at radius 2 is 2.05 bits per heavy atom. The normalized spacial score (nSPS) is 17.0. The lowest BCUT2D eigenvalue weighted by Gasteiger charge is -2.27. The molecule has 1 fully saturated rings. The molecule has 1 heterocycles. The lowest BCUT2D eigenvalue weighted by atomic mass is 9.82. The molecule has 5 nitrogen and oxygen atoms in total. The number of rotatable bonds is 5. The van der Waals surface area contributed by atoms with E-state index in [4.69, 9.17) is 0 Å². The van der Waals surface area contributed by atoms with E-state index in [0.29, 0.717) is 11.3 Å². The van der Waals surface area contributed by atoms with E-state index < -0.39 is 0 Å². The lowest BCUT2D eigenvalue weighted by molar-refractivity contribution is -0.384. The fraction of sp³-hybridized carbons (Fsp3) is 0.562. The van der Waals surface area contributed by atoms with Gasteiger partial charge in [0.05, 0.1) is 4.92 Å². The Bertz CT molecular complexity index is 565. The zero-order valence-electron chi connectivity index (χ0n) is 12.9. The second-order valence-electron chi connectivity index (χ2n) is 5.90. The summed E-state index contributed by atoms with van der Waals surface area (Å²) >= 11 is 0. The maximum absolute atomic E-state index is 11.4. The largest absolute Gasteiger partial charge is 0.365 e. The number of nitro groups is 1. The number of carbonyl (C=O) groups excluding carboxylic acids is 1. The number of benzene rings is 1. The fourth-order valence-corrected chi connectivity index (χ4v) is 3.12. The zero-order chi connectivity index (χ0) is 15.6. The predicted octanol–water partition coefficient (Wildman–Crippen LogP) is 3.81. The Morgan fingerprint density at radius 1 is 1.38 bits per heavy atom. The van der Waals surface area contributed by atoms with Crippen LogP contribution in [0.15, 0.2) is 18.2 Å². The molecular weight excluding hydrogens is 268 g/mol. The van der Waals surface area contributed by atoms with Gasteiger partial charge in [-0.05, 0) is 43.7 Å². The third-order valence-corrected chi connectivity index (χ3v) is 4.86. The highest BCUT2D eigenvalue weighted by molar-refractivity contribution is 5.95. The molecule has 0 atom stereocenters. The molecule has 0 bridgehead atoms. The minimum Gasteiger partial charge on any atom is -0.365 e. The van der Waals surface area contributed by atoms with Crippen molar-refractivity contribution in [2.75, 3.05) is 18.0 Å². The minimum atomic E-state index is -0.389. The van der Waals surface area contributed by atoms with E-state index in [0.717, 1.165) is 32.4 Å². The van der Waals surface area contributed by atoms with E-state index in [-0.39, 0.29) is 21.8 Å². The van der Waals surface area contributed by atoms with E-state index in [1.54, 1.807) is 12.1 Å². The van der Waals surface area contributed by atoms with Gasteiger partial charge in [-0.25, -0.2) is 0 Å². The SMILES string of the molecule is CCC1(CC)CCN(c2ccc(C(C)=O)cc2[N+](=O)[O-])C1. The van der Waals surface area contributed by atoms with Crippen LogP contribution in [0, 0.1) is 15.5 Å². The van der Waals surface area contributed by atoms with Gasteiger partial charge in [-0.2, -0.15) is 0 Å². The second-order valence-corrected chi connectivity index (χ2v) is 5.90. The molecule has 0 spiro atoms. The summed E-state index contributed by atoms with van der Waals surface area (Å²) in [6.07, 6.45) is 3.23. The van der Waals surface area contributed by atoms with Crippen LogP contribution in [0.25, 0.3) is 0 Å². The topological polar surface area (TPSA) is 63.5 Å². The first-order chi connectivity index (χ1) is 9.92. The van der Waals surface area contributed by atoms with Crippen LogP contribution in [0.3, 0.4) is 0 Å². The van der Waals surface area contributed by atoms with Crippen molar-refractivity contribution >= 4 is 17.2 Å². The predicted molar refractivity (Wildman–Crippen MR) is 82.9 cm³/mol. The summed E-state index contributed by atoms with van der Waals surface area (Å²) in [7, 11) is 0. The molecule has 0 aromatic heterocycles. The van der Waals surface area contributed by atoms with Crippen LogP contribution in [-0.2, 0) is 0 Å². The molecule has 5 heteroatoms. The first-order valence-electron chi connectivity index (χ1n) is 7.47. The third kappa shape index (κ3) is 2.91. The van der Waals surface area contributed by atoms with E-state index >= 15 is 0 Å². The summed E-state index contributed by atoms with van der Waals surface area (Å²) in [6, 6.07) is 4.80. The summed E-state index contributed by atoms with van der Waals surface area (Å²) in [5, 5.41) is 11.3. The van der Waals surface area contributed by atoms with Crippen LogP contribution in [-0.4, -0.2) is 23.8 Å². The van der Waals surface area contributed by atoms with Crippen LogP contribution < -0.4 is 4.90 Å². The van der Waals surface area contributed by atoms with Gasteiger partial charge in [0.1, 0.15) is 5.69 Å². The number of ketones is 1. The second kappa shape index (κ2) is 5.84. The Morgan fingerprint density at radius 3 is 2.52 bits per heavy atom. The van der Waals surface area contributed by atoms with Gasteiger partial charge in [0.15, 0.2) is 5.78 Å². The van der Waals surface area contributed by atoms with Crippen molar-refractivity contribution in [3.8, 4) is 0 Å². The summed E-state index contributed by atoms with van der Waals surface area (Å²) in [4.78, 5) is 24.4. The fourth-order valence-electron chi connectivity index (χ4n) is 3.12. The average molecular weight is 290 g/mol. The van der Waals surface area contributed by atoms with Crippen LogP contribution in [0.2, 0.25) is 0 Å². The summed E-state index contributed by atoms with van der Waals surface area (Å²) < 4.78 is 0. The van der Waals surface area contributed by atoms with Crippen molar-refractivity contribution in [3.05, 3.63) is 33.9 Å². The molecule has 1 aliphatic heterocycles. The van der Waals surface area contributed by atoms with E-state index in [2.05, 4.69) is 18.7 Å². The molecule has 2 rings (SSSR count). The highest BCUT2D eigenvalue weighted by Crippen LogP contribution is 2.41. The maximum atomic E-state index is 11.4. The monoisotopic (exact) mass is 290 g/mol. The molecular formula is C16H22N2O3. The number of carbonyl (C=O) groups is 1. The van der Waals surface area contributed by atoms with Gasteiger partial charge in [0.2, 0.25) is 0 Å². The van der Waals surface area contributed by atoms with Crippen molar-refractivity contribution in [2.45, 2.75) is 40.0 Å².